The lowest BCUT2D eigenvalue weighted by atomic mass is 9.93. The van der Waals surface area contributed by atoms with E-state index in [4.69, 9.17) is 11.5 Å². The molecule has 0 aliphatic carbocycles. The highest BCUT2D eigenvalue weighted by atomic mass is 16.2. The number of carbonyl (C=O) groups is 2. The Morgan fingerprint density at radius 1 is 1.27 bits per heavy atom. The van der Waals surface area contributed by atoms with Gasteiger partial charge in [0.05, 0.1) is 5.54 Å². The number of primary amides is 1. The molecule has 1 rings (SSSR count). The van der Waals surface area contributed by atoms with Crippen LogP contribution < -0.4 is 11.5 Å². The third-order valence-electron chi connectivity index (χ3n) is 2.19. The summed E-state index contributed by atoms with van der Waals surface area (Å²) in [6.07, 6.45) is -0.0770. The standard InChI is InChI=1S/C11H14N2O2/c1-11(13,10(12)15)7-9(14)8-5-3-2-4-6-8/h2-6H,7,13H2,1H3,(H2,12,15). The zero-order valence-corrected chi connectivity index (χ0v) is 8.57. The third kappa shape index (κ3) is 2.89. The molecule has 1 aromatic rings. The number of benzene rings is 1. The minimum absolute atomic E-state index is 0.0770. The summed E-state index contributed by atoms with van der Waals surface area (Å²) in [5, 5.41) is 0. The lowest BCUT2D eigenvalue weighted by Gasteiger charge is -2.19. The lowest BCUT2D eigenvalue weighted by Crippen LogP contribution is -2.50. The van der Waals surface area contributed by atoms with Gasteiger partial charge < -0.3 is 11.5 Å². The van der Waals surface area contributed by atoms with Gasteiger partial charge in [-0.1, -0.05) is 30.3 Å². The first kappa shape index (κ1) is 11.4. The summed E-state index contributed by atoms with van der Waals surface area (Å²) in [5.74, 6) is -0.855. The second-order valence-corrected chi connectivity index (χ2v) is 3.75. The monoisotopic (exact) mass is 206 g/mol. The maximum atomic E-state index is 11.7. The fraction of sp³-hybridized carbons (Fsp3) is 0.273. The molecule has 1 unspecified atom stereocenters. The molecule has 4 N–H and O–H groups in total. The van der Waals surface area contributed by atoms with Gasteiger partial charge in [-0.3, -0.25) is 9.59 Å². The Morgan fingerprint density at radius 3 is 2.27 bits per heavy atom. The highest BCUT2D eigenvalue weighted by molar-refractivity contribution is 6.00. The molecule has 0 fully saturated rings. The number of amides is 1. The van der Waals surface area contributed by atoms with Gasteiger partial charge in [0.1, 0.15) is 0 Å². The molecular formula is C11H14N2O2. The van der Waals surface area contributed by atoms with E-state index in [0.717, 1.165) is 0 Å². The minimum atomic E-state index is -1.28. The van der Waals surface area contributed by atoms with E-state index in [9.17, 15) is 9.59 Å². The van der Waals surface area contributed by atoms with Gasteiger partial charge in [-0.2, -0.15) is 0 Å². The number of Topliss-reactive ketones (excluding diaryl/α,β-unsaturated/α-hetero) is 1. The van der Waals surface area contributed by atoms with Crippen molar-refractivity contribution in [2.24, 2.45) is 11.5 Å². The van der Waals surface area contributed by atoms with Crippen LogP contribution in [0.4, 0.5) is 0 Å². The predicted octanol–water partition coefficient (Wildman–Crippen LogP) is 0.462. The maximum Gasteiger partial charge on any atom is 0.237 e. The minimum Gasteiger partial charge on any atom is -0.368 e. The molecule has 0 saturated heterocycles. The molecule has 80 valence electrons. The Morgan fingerprint density at radius 2 is 1.80 bits per heavy atom. The number of nitrogens with two attached hydrogens (primary N) is 2. The van der Waals surface area contributed by atoms with Gasteiger partial charge in [0.25, 0.3) is 0 Å². The summed E-state index contributed by atoms with van der Waals surface area (Å²) >= 11 is 0. The Labute approximate surface area is 88.3 Å². The van der Waals surface area contributed by atoms with Crippen LogP contribution in [0.3, 0.4) is 0 Å². The quantitative estimate of drug-likeness (QED) is 0.702. The molecule has 0 spiro atoms. The van der Waals surface area contributed by atoms with E-state index < -0.39 is 11.4 Å². The van der Waals surface area contributed by atoms with E-state index in [2.05, 4.69) is 0 Å². The molecule has 1 aromatic carbocycles. The van der Waals surface area contributed by atoms with Crippen LogP contribution in [0.25, 0.3) is 0 Å². The first-order valence-corrected chi connectivity index (χ1v) is 4.60. The average Bonchev–Trinajstić information content (AvgIpc) is 2.18. The normalized spacial score (nSPS) is 14.3. The van der Waals surface area contributed by atoms with Crippen LogP contribution in [0.15, 0.2) is 30.3 Å². The molecule has 1 amide bonds. The first-order valence-electron chi connectivity index (χ1n) is 4.60. The number of carbonyl (C=O) groups excluding carboxylic acids is 2. The van der Waals surface area contributed by atoms with E-state index in [1.807, 2.05) is 6.07 Å². The van der Waals surface area contributed by atoms with Crippen molar-refractivity contribution in [3.8, 4) is 0 Å². The highest BCUT2D eigenvalue weighted by Gasteiger charge is 2.29. The van der Waals surface area contributed by atoms with Crippen LogP contribution in [-0.4, -0.2) is 17.2 Å². The molecule has 0 aliphatic rings. The molecule has 0 saturated carbocycles. The van der Waals surface area contributed by atoms with E-state index >= 15 is 0 Å². The number of hydrogen-bond acceptors (Lipinski definition) is 3. The molecule has 4 heteroatoms. The van der Waals surface area contributed by atoms with Crippen molar-refractivity contribution in [3.05, 3.63) is 35.9 Å². The predicted molar refractivity (Wildman–Crippen MR) is 57.2 cm³/mol. The molecule has 1 atom stereocenters. The maximum absolute atomic E-state index is 11.7. The summed E-state index contributed by atoms with van der Waals surface area (Å²) in [5.41, 5.74) is 9.94. The summed E-state index contributed by atoms with van der Waals surface area (Å²) in [7, 11) is 0. The van der Waals surface area contributed by atoms with Gasteiger partial charge in [-0.05, 0) is 6.92 Å². The smallest absolute Gasteiger partial charge is 0.237 e. The average molecular weight is 206 g/mol. The van der Waals surface area contributed by atoms with Crippen molar-refractivity contribution in [1.29, 1.82) is 0 Å². The summed E-state index contributed by atoms with van der Waals surface area (Å²) in [4.78, 5) is 22.6. The van der Waals surface area contributed by atoms with E-state index in [0.29, 0.717) is 5.56 Å². The summed E-state index contributed by atoms with van der Waals surface area (Å²) in [6, 6.07) is 8.68. The van der Waals surface area contributed by atoms with Gasteiger partial charge >= 0.3 is 0 Å². The molecule has 0 aromatic heterocycles. The van der Waals surface area contributed by atoms with Crippen LogP contribution in [0.1, 0.15) is 23.7 Å². The first-order chi connectivity index (χ1) is 6.93. The molecule has 0 heterocycles. The van der Waals surface area contributed by atoms with E-state index in [1.165, 1.54) is 6.92 Å². The van der Waals surface area contributed by atoms with Gasteiger partial charge in [-0.15, -0.1) is 0 Å². The van der Waals surface area contributed by atoms with Crippen molar-refractivity contribution in [2.45, 2.75) is 18.9 Å². The molecular weight excluding hydrogens is 192 g/mol. The summed E-state index contributed by atoms with van der Waals surface area (Å²) in [6.45, 7) is 1.45. The van der Waals surface area contributed by atoms with Gasteiger partial charge in [-0.25, -0.2) is 0 Å². The van der Waals surface area contributed by atoms with Gasteiger partial charge in [0, 0.05) is 12.0 Å². The van der Waals surface area contributed by atoms with Crippen molar-refractivity contribution < 1.29 is 9.59 Å². The topological polar surface area (TPSA) is 86.2 Å². The van der Waals surface area contributed by atoms with E-state index in [-0.39, 0.29) is 12.2 Å². The third-order valence-corrected chi connectivity index (χ3v) is 2.19. The van der Waals surface area contributed by atoms with Crippen molar-refractivity contribution >= 4 is 11.7 Å². The number of hydrogen-bond donors (Lipinski definition) is 2. The molecule has 0 aliphatic heterocycles. The number of ketones is 1. The molecule has 4 nitrogen and oxygen atoms in total. The van der Waals surface area contributed by atoms with Crippen LogP contribution >= 0.6 is 0 Å². The zero-order chi connectivity index (χ0) is 11.5. The second-order valence-electron chi connectivity index (χ2n) is 3.75. The van der Waals surface area contributed by atoms with Crippen LogP contribution in [0.5, 0.6) is 0 Å². The number of rotatable bonds is 4. The Hall–Kier alpha value is -1.68. The largest absolute Gasteiger partial charge is 0.368 e. The molecule has 15 heavy (non-hydrogen) atoms. The van der Waals surface area contributed by atoms with Gasteiger partial charge in [0.15, 0.2) is 5.78 Å². The van der Waals surface area contributed by atoms with Crippen molar-refractivity contribution in [3.63, 3.8) is 0 Å². The Kier molecular flexibility index (Phi) is 3.21. The SMILES string of the molecule is CC(N)(CC(=O)c1ccccc1)C(N)=O. The van der Waals surface area contributed by atoms with Crippen molar-refractivity contribution in [2.75, 3.05) is 0 Å². The zero-order valence-electron chi connectivity index (χ0n) is 8.57. The highest BCUT2D eigenvalue weighted by Crippen LogP contribution is 2.11. The molecule has 0 bridgehead atoms. The van der Waals surface area contributed by atoms with E-state index in [1.54, 1.807) is 24.3 Å². The van der Waals surface area contributed by atoms with Crippen LogP contribution in [0.2, 0.25) is 0 Å². The fourth-order valence-electron chi connectivity index (χ4n) is 1.15. The summed E-state index contributed by atoms with van der Waals surface area (Å²) < 4.78 is 0. The lowest BCUT2D eigenvalue weighted by molar-refractivity contribution is -0.122. The van der Waals surface area contributed by atoms with Crippen LogP contribution in [-0.2, 0) is 4.79 Å². The van der Waals surface area contributed by atoms with Gasteiger partial charge in [0.2, 0.25) is 5.91 Å². The second kappa shape index (κ2) is 4.23. The van der Waals surface area contributed by atoms with Crippen LogP contribution in [0, 0.1) is 0 Å². The Balaban J connectivity index is 2.77. The van der Waals surface area contributed by atoms with Crippen molar-refractivity contribution in [1.82, 2.24) is 0 Å². The molecule has 0 radical (unpaired) electrons. The fourth-order valence-corrected chi connectivity index (χ4v) is 1.15. The Bertz CT molecular complexity index is 371.